The maximum Gasteiger partial charge on any atom is 0.210 e. The first-order chi connectivity index (χ1) is 6.31. The Morgan fingerprint density at radius 1 is 1.29 bits per heavy atom. The van der Waals surface area contributed by atoms with E-state index in [1.54, 1.807) is 0 Å². The summed E-state index contributed by atoms with van der Waals surface area (Å²) in [4.78, 5) is 0. The van der Waals surface area contributed by atoms with Gasteiger partial charge in [0.15, 0.2) is 0 Å². The first-order valence-corrected chi connectivity index (χ1v) is 5.83. The lowest BCUT2D eigenvalue weighted by Gasteiger charge is -2.34. The third-order valence-corrected chi connectivity index (χ3v) is 2.49. The molecule has 1 aliphatic heterocycles. The molecule has 14 heavy (non-hydrogen) atoms. The highest BCUT2D eigenvalue weighted by molar-refractivity contribution is 7.88. The average molecular weight is 227 g/mol. The van der Waals surface area contributed by atoms with Gasteiger partial charge in [-0.05, 0) is 0 Å². The van der Waals surface area contributed by atoms with E-state index in [1.165, 1.54) is 0 Å². The molecule has 0 amide bonds. The first kappa shape index (κ1) is 11.8. The van der Waals surface area contributed by atoms with E-state index in [2.05, 4.69) is 0 Å². The van der Waals surface area contributed by atoms with Crippen LogP contribution in [0, 0.1) is 0 Å². The van der Waals surface area contributed by atoms with E-state index in [1.807, 2.05) is 4.72 Å². The zero-order valence-corrected chi connectivity index (χ0v) is 8.31. The lowest BCUT2D eigenvalue weighted by atomic mass is 10.1. The summed E-state index contributed by atoms with van der Waals surface area (Å²) in [6, 6.07) is 0. The Balaban J connectivity index is 2.64. The summed E-state index contributed by atoms with van der Waals surface area (Å²) in [5.74, 6) is 0. The molecule has 84 valence electrons. The molecule has 1 fully saturated rings. The Hall–Kier alpha value is -0.250. The highest BCUT2D eigenvalue weighted by atomic mass is 32.2. The maximum atomic E-state index is 10.8. The highest BCUT2D eigenvalue weighted by Crippen LogP contribution is 2.13. The highest BCUT2D eigenvalue weighted by Gasteiger charge is 2.38. The fraction of sp³-hybridized carbons (Fsp3) is 1.00. The third-order valence-electron chi connectivity index (χ3n) is 1.83. The number of aliphatic hydroxyl groups is 3. The van der Waals surface area contributed by atoms with Gasteiger partial charge in [0, 0.05) is 0 Å². The molecule has 8 heteroatoms. The smallest absolute Gasteiger partial charge is 0.210 e. The van der Waals surface area contributed by atoms with Crippen molar-refractivity contribution in [2.45, 2.75) is 24.5 Å². The van der Waals surface area contributed by atoms with Gasteiger partial charge in [0.05, 0.1) is 12.9 Å². The van der Waals surface area contributed by atoms with Crippen LogP contribution in [0.5, 0.6) is 0 Å². The zero-order chi connectivity index (χ0) is 10.9. The number of ether oxygens (including phenoxy) is 1. The molecule has 0 spiro atoms. The van der Waals surface area contributed by atoms with E-state index < -0.39 is 34.6 Å². The molecule has 0 aliphatic carbocycles. The first-order valence-electron chi connectivity index (χ1n) is 3.94. The van der Waals surface area contributed by atoms with Gasteiger partial charge in [-0.15, -0.1) is 0 Å². The SMILES string of the molecule is CS(=O)(=O)N[C@H]1OC[C@@H](O)[C@@H](O)[C@@H]1O. The Morgan fingerprint density at radius 3 is 2.36 bits per heavy atom. The summed E-state index contributed by atoms with van der Waals surface area (Å²) >= 11 is 0. The van der Waals surface area contributed by atoms with Crippen LogP contribution in [0.2, 0.25) is 0 Å². The lowest BCUT2D eigenvalue weighted by Crippen LogP contribution is -2.58. The van der Waals surface area contributed by atoms with Gasteiger partial charge >= 0.3 is 0 Å². The van der Waals surface area contributed by atoms with Gasteiger partial charge in [0.2, 0.25) is 10.0 Å². The number of rotatable bonds is 2. The molecule has 1 rings (SSSR count). The van der Waals surface area contributed by atoms with E-state index >= 15 is 0 Å². The summed E-state index contributed by atoms with van der Waals surface area (Å²) < 4.78 is 28.4. The van der Waals surface area contributed by atoms with Gasteiger partial charge in [-0.25, -0.2) is 8.42 Å². The summed E-state index contributed by atoms with van der Waals surface area (Å²) in [6.07, 6.45) is -4.41. The second-order valence-corrected chi connectivity index (χ2v) is 4.97. The molecule has 0 aromatic heterocycles. The summed E-state index contributed by atoms with van der Waals surface area (Å²) in [7, 11) is -3.53. The topological polar surface area (TPSA) is 116 Å². The van der Waals surface area contributed by atoms with Gasteiger partial charge in [0.1, 0.15) is 24.5 Å². The molecule has 0 unspecified atom stereocenters. The fourth-order valence-corrected chi connectivity index (χ4v) is 1.75. The molecular weight excluding hydrogens is 214 g/mol. The predicted molar refractivity (Wildman–Crippen MR) is 45.7 cm³/mol. The zero-order valence-electron chi connectivity index (χ0n) is 7.49. The largest absolute Gasteiger partial charge is 0.388 e. The molecule has 0 aromatic carbocycles. The van der Waals surface area contributed by atoms with Crippen LogP contribution in [-0.2, 0) is 14.8 Å². The van der Waals surface area contributed by atoms with Gasteiger partial charge < -0.3 is 20.1 Å². The molecular formula is C6H13NO6S. The van der Waals surface area contributed by atoms with Gasteiger partial charge in [-0.2, -0.15) is 4.72 Å². The molecule has 0 aromatic rings. The van der Waals surface area contributed by atoms with Crippen molar-refractivity contribution in [1.82, 2.24) is 4.72 Å². The molecule has 1 aliphatic rings. The van der Waals surface area contributed by atoms with Crippen molar-refractivity contribution in [2.24, 2.45) is 0 Å². The van der Waals surface area contributed by atoms with E-state index in [0.29, 0.717) is 0 Å². The molecule has 0 radical (unpaired) electrons. The monoisotopic (exact) mass is 227 g/mol. The van der Waals surface area contributed by atoms with Crippen LogP contribution in [0.3, 0.4) is 0 Å². The predicted octanol–water partition coefficient (Wildman–Crippen LogP) is -3.03. The number of aliphatic hydroxyl groups excluding tert-OH is 3. The van der Waals surface area contributed by atoms with Crippen molar-refractivity contribution in [3.8, 4) is 0 Å². The summed E-state index contributed by atoms with van der Waals surface area (Å²) in [5, 5.41) is 27.6. The van der Waals surface area contributed by atoms with Gasteiger partial charge in [-0.3, -0.25) is 0 Å². The van der Waals surface area contributed by atoms with Gasteiger partial charge in [-0.1, -0.05) is 0 Å². The third kappa shape index (κ3) is 2.87. The minimum atomic E-state index is -3.53. The summed E-state index contributed by atoms with van der Waals surface area (Å²) in [5.41, 5.74) is 0. The van der Waals surface area contributed by atoms with E-state index in [0.717, 1.165) is 6.26 Å². The summed E-state index contributed by atoms with van der Waals surface area (Å²) in [6.45, 7) is -0.231. The minimum absolute atomic E-state index is 0.231. The number of hydrogen-bond donors (Lipinski definition) is 4. The minimum Gasteiger partial charge on any atom is -0.388 e. The molecule has 4 atom stereocenters. The lowest BCUT2D eigenvalue weighted by molar-refractivity contribution is -0.189. The van der Waals surface area contributed by atoms with Crippen LogP contribution in [-0.4, -0.2) is 61.1 Å². The van der Waals surface area contributed by atoms with Crippen molar-refractivity contribution in [1.29, 1.82) is 0 Å². The second kappa shape index (κ2) is 4.09. The molecule has 1 saturated heterocycles. The van der Waals surface area contributed by atoms with E-state index in [4.69, 9.17) is 9.84 Å². The fourth-order valence-electron chi connectivity index (χ4n) is 1.12. The maximum absolute atomic E-state index is 10.8. The van der Waals surface area contributed by atoms with Crippen LogP contribution in [0.25, 0.3) is 0 Å². The number of hydrogen-bond acceptors (Lipinski definition) is 6. The molecule has 0 bridgehead atoms. The Labute approximate surface area is 81.4 Å². The van der Waals surface area contributed by atoms with Crippen LogP contribution >= 0.6 is 0 Å². The van der Waals surface area contributed by atoms with E-state index in [-0.39, 0.29) is 6.61 Å². The molecule has 1 heterocycles. The molecule has 0 saturated carbocycles. The second-order valence-electron chi connectivity index (χ2n) is 3.19. The van der Waals surface area contributed by atoms with Crippen LogP contribution < -0.4 is 4.72 Å². The standard InChI is InChI=1S/C6H13NO6S/c1-14(11,12)7-6-5(10)4(9)3(8)2-13-6/h3-10H,2H2,1H3/t3-,4-,5+,6+/m1/s1. The Morgan fingerprint density at radius 2 is 1.86 bits per heavy atom. The van der Waals surface area contributed by atoms with Crippen LogP contribution in [0.4, 0.5) is 0 Å². The van der Waals surface area contributed by atoms with Crippen molar-refractivity contribution >= 4 is 10.0 Å². The molecule has 7 nitrogen and oxygen atoms in total. The van der Waals surface area contributed by atoms with E-state index in [9.17, 15) is 18.6 Å². The van der Waals surface area contributed by atoms with Crippen molar-refractivity contribution < 1.29 is 28.5 Å². The Bertz CT molecular complexity index is 291. The van der Waals surface area contributed by atoms with Crippen LogP contribution in [0.15, 0.2) is 0 Å². The van der Waals surface area contributed by atoms with Crippen molar-refractivity contribution in [3.05, 3.63) is 0 Å². The van der Waals surface area contributed by atoms with Crippen LogP contribution in [0.1, 0.15) is 0 Å². The van der Waals surface area contributed by atoms with Gasteiger partial charge in [0.25, 0.3) is 0 Å². The quantitative estimate of drug-likeness (QED) is 0.399. The van der Waals surface area contributed by atoms with Crippen molar-refractivity contribution in [2.75, 3.05) is 12.9 Å². The molecule has 4 N–H and O–H groups in total. The number of sulfonamides is 1. The normalized spacial score (nSPS) is 39.7. The Kier molecular flexibility index (Phi) is 3.45. The number of nitrogens with one attached hydrogen (secondary N) is 1. The average Bonchev–Trinajstić information content (AvgIpc) is 2.04. The van der Waals surface area contributed by atoms with Crippen molar-refractivity contribution in [3.63, 3.8) is 0 Å².